The molecule has 0 aliphatic carbocycles. The van der Waals surface area contributed by atoms with Crippen LogP contribution in [0.25, 0.3) is 22.6 Å². The molecule has 0 aliphatic heterocycles. The molecule has 0 saturated carbocycles. The van der Waals surface area contributed by atoms with E-state index in [-0.39, 0.29) is 12.5 Å². The molecule has 1 heterocycles. The molecule has 0 bridgehead atoms. The Bertz CT molecular complexity index is 1220. The predicted molar refractivity (Wildman–Crippen MR) is 133 cm³/mol. The lowest BCUT2D eigenvalue weighted by Crippen LogP contribution is -2.20. The van der Waals surface area contributed by atoms with Crippen LogP contribution in [-0.2, 0) is 4.79 Å². The summed E-state index contributed by atoms with van der Waals surface area (Å²) in [5.41, 5.74) is 5.68. The van der Waals surface area contributed by atoms with Gasteiger partial charge in [0, 0.05) is 11.3 Å². The van der Waals surface area contributed by atoms with Crippen LogP contribution in [0, 0.1) is 0 Å². The average molecular weight is 443 g/mol. The predicted octanol–water partition coefficient (Wildman–Crippen LogP) is 7.15. The molecule has 0 spiro atoms. The van der Waals surface area contributed by atoms with Crippen molar-refractivity contribution in [1.29, 1.82) is 0 Å². The van der Waals surface area contributed by atoms with Gasteiger partial charge in [-0.05, 0) is 77.9 Å². The third-order valence-electron chi connectivity index (χ3n) is 5.93. The number of oxazole rings is 1. The van der Waals surface area contributed by atoms with E-state index in [0.29, 0.717) is 29.2 Å². The molecule has 4 rings (SSSR count). The monoisotopic (exact) mass is 442 g/mol. The van der Waals surface area contributed by atoms with Crippen LogP contribution in [-0.4, -0.2) is 17.5 Å². The largest absolute Gasteiger partial charge is 0.484 e. The maximum atomic E-state index is 12.3. The van der Waals surface area contributed by atoms with E-state index < -0.39 is 0 Å². The molecular weight excluding hydrogens is 412 g/mol. The Kier molecular flexibility index (Phi) is 6.78. The van der Waals surface area contributed by atoms with Gasteiger partial charge < -0.3 is 14.5 Å². The standard InChI is InChI=1S/C28H30N2O3/c1-5-19(4)22-10-15-26-25(16-22)30-28(33-26)21-6-11-23(12-7-21)29-27(31)17-32-24-13-8-20(9-14-24)18(2)3/h6-16,18-19H,5,17H2,1-4H3,(H,29,31). The van der Waals surface area contributed by atoms with Crippen LogP contribution < -0.4 is 10.1 Å². The highest BCUT2D eigenvalue weighted by atomic mass is 16.5. The molecule has 4 aromatic rings. The van der Waals surface area contributed by atoms with Crippen molar-refractivity contribution in [2.24, 2.45) is 0 Å². The molecule has 5 heteroatoms. The van der Waals surface area contributed by atoms with Crippen LogP contribution in [0.15, 0.2) is 71.1 Å². The van der Waals surface area contributed by atoms with Gasteiger partial charge in [-0.3, -0.25) is 4.79 Å². The Morgan fingerprint density at radius 2 is 1.67 bits per heavy atom. The van der Waals surface area contributed by atoms with Gasteiger partial charge in [-0.25, -0.2) is 4.98 Å². The summed E-state index contributed by atoms with van der Waals surface area (Å²) >= 11 is 0. The minimum absolute atomic E-state index is 0.0492. The fourth-order valence-corrected chi connectivity index (χ4v) is 3.60. The number of rotatable bonds is 8. The number of hydrogen-bond donors (Lipinski definition) is 1. The zero-order valence-electron chi connectivity index (χ0n) is 19.6. The number of aromatic nitrogens is 1. The van der Waals surface area contributed by atoms with E-state index in [2.05, 4.69) is 50.1 Å². The average Bonchev–Trinajstić information content (AvgIpc) is 3.26. The van der Waals surface area contributed by atoms with Crippen molar-refractivity contribution in [2.45, 2.75) is 46.0 Å². The number of anilines is 1. The van der Waals surface area contributed by atoms with Crippen molar-refractivity contribution in [1.82, 2.24) is 4.98 Å². The highest BCUT2D eigenvalue weighted by Gasteiger charge is 2.12. The van der Waals surface area contributed by atoms with Gasteiger partial charge in [0.15, 0.2) is 12.2 Å². The minimum atomic E-state index is -0.213. The van der Waals surface area contributed by atoms with E-state index >= 15 is 0 Å². The second-order valence-corrected chi connectivity index (χ2v) is 8.69. The number of carbonyl (C=O) groups is 1. The first-order valence-electron chi connectivity index (χ1n) is 11.5. The minimum Gasteiger partial charge on any atom is -0.484 e. The Hall–Kier alpha value is -3.60. The Labute approximate surface area is 194 Å². The number of nitrogens with zero attached hydrogens (tertiary/aromatic N) is 1. The molecule has 1 amide bonds. The molecule has 0 fully saturated rings. The summed E-state index contributed by atoms with van der Waals surface area (Å²) in [6, 6.07) is 21.5. The van der Waals surface area contributed by atoms with Crippen LogP contribution in [0.1, 0.15) is 57.1 Å². The van der Waals surface area contributed by atoms with Gasteiger partial charge in [-0.2, -0.15) is 0 Å². The summed E-state index contributed by atoms with van der Waals surface area (Å²) in [7, 11) is 0. The number of hydrogen-bond acceptors (Lipinski definition) is 4. The summed E-state index contributed by atoms with van der Waals surface area (Å²) in [6.07, 6.45) is 1.08. The highest BCUT2D eigenvalue weighted by molar-refractivity contribution is 5.92. The van der Waals surface area contributed by atoms with E-state index in [1.807, 2.05) is 54.6 Å². The third kappa shape index (κ3) is 5.43. The summed E-state index contributed by atoms with van der Waals surface area (Å²) < 4.78 is 11.5. The molecule has 170 valence electrons. The maximum Gasteiger partial charge on any atom is 0.262 e. The number of fused-ring (bicyclic) bond motifs is 1. The van der Waals surface area contributed by atoms with E-state index in [1.165, 1.54) is 11.1 Å². The van der Waals surface area contributed by atoms with Crippen LogP contribution >= 0.6 is 0 Å². The van der Waals surface area contributed by atoms with Crippen LogP contribution in [0.3, 0.4) is 0 Å². The van der Waals surface area contributed by atoms with E-state index in [0.717, 1.165) is 23.1 Å². The SMILES string of the molecule is CCC(C)c1ccc2oc(-c3ccc(NC(=O)COc4ccc(C(C)C)cc4)cc3)nc2c1. The number of ether oxygens (including phenoxy) is 1. The Morgan fingerprint density at radius 1 is 0.970 bits per heavy atom. The topological polar surface area (TPSA) is 64.4 Å². The summed E-state index contributed by atoms with van der Waals surface area (Å²) in [5.74, 6) is 1.98. The van der Waals surface area contributed by atoms with Crippen LogP contribution in [0.2, 0.25) is 0 Å². The van der Waals surface area contributed by atoms with Crippen LogP contribution in [0.5, 0.6) is 5.75 Å². The smallest absolute Gasteiger partial charge is 0.262 e. The number of carbonyl (C=O) groups excluding carboxylic acids is 1. The van der Waals surface area contributed by atoms with Crippen molar-refractivity contribution in [3.63, 3.8) is 0 Å². The molecule has 0 saturated heterocycles. The quantitative estimate of drug-likeness (QED) is 0.315. The molecule has 1 aromatic heterocycles. The molecule has 33 heavy (non-hydrogen) atoms. The first-order valence-corrected chi connectivity index (χ1v) is 11.5. The van der Waals surface area contributed by atoms with Gasteiger partial charge in [0.1, 0.15) is 11.3 Å². The zero-order valence-corrected chi connectivity index (χ0v) is 19.6. The van der Waals surface area contributed by atoms with Gasteiger partial charge in [-0.1, -0.05) is 45.9 Å². The fraction of sp³-hybridized carbons (Fsp3) is 0.286. The fourth-order valence-electron chi connectivity index (χ4n) is 3.60. The summed E-state index contributed by atoms with van der Waals surface area (Å²) in [5, 5.41) is 2.86. The van der Waals surface area contributed by atoms with Crippen molar-refractivity contribution in [3.8, 4) is 17.2 Å². The molecule has 1 N–H and O–H groups in total. The molecule has 3 aromatic carbocycles. The van der Waals surface area contributed by atoms with Crippen LogP contribution in [0.4, 0.5) is 5.69 Å². The summed E-state index contributed by atoms with van der Waals surface area (Å²) in [4.78, 5) is 16.9. The number of benzene rings is 3. The Morgan fingerprint density at radius 3 is 2.33 bits per heavy atom. The van der Waals surface area contributed by atoms with E-state index in [1.54, 1.807) is 0 Å². The molecular formula is C28H30N2O3. The third-order valence-corrected chi connectivity index (χ3v) is 5.93. The molecule has 1 unspecified atom stereocenters. The van der Waals surface area contributed by atoms with Gasteiger partial charge >= 0.3 is 0 Å². The van der Waals surface area contributed by atoms with Crippen molar-refractivity contribution >= 4 is 22.7 Å². The highest BCUT2D eigenvalue weighted by Crippen LogP contribution is 2.28. The first kappa shape index (κ1) is 22.6. The lowest BCUT2D eigenvalue weighted by molar-refractivity contribution is -0.118. The van der Waals surface area contributed by atoms with Gasteiger partial charge in [0.2, 0.25) is 5.89 Å². The van der Waals surface area contributed by atoms with Crippen molar-refractivity contribution in [2.75, 3.05) is 11.9 Å². The van der Waals surface area contributed by atoms with Crippen molar-refractivity contribution < 1.29 is 13.9 Å². The second-order valence-electron chi connectivity index (χ2n) is 8.69. The molecule has 5 nitrogen and oxygen atoms in total. The molecule has 1 atom stereocenters. The number of nitrogens with one attached hydrogen (secondary N) is 1. The first-order chi connectivity index (χ1) is 15.9. The lowest BCUT2D eigenvalue weighted by atomic mass is 9.98. The zero-order chi connectivity index (χ0) is 23.4. The maximum absolute atomic E-state index is 12.3. The number of amides is 1. The van der Waals surface area contributed by atoms with Gasteiger partial charge in [0.05, 0.1) is 0 Å². The van der Waals surface area contributed by atoms with Crippen molar-refractivity contribution in [3.05, 3.63) is 77.9 Å². The molecule has 0 aliphatic rings. The van der Waals surface area contributed by atoms with Gasteiger partial charge in [-0.15, -0.1) is 0 Å². The summed E-state index contributed by atoms with van der Waals surface area (Å²) in [6.45, 7) is 8.62. The molecule has 0 radical (unpaired) electrons. The Balaban J connectivity index is 1.37. The normalized spacial score (nSPS) is 12.2. The lowest BCUT2D eigenvalue weighted by Gasteiger charge is -2.09. The van der Waals surface area contributed by atoms with Gasteiger partial charge in [0.25, 0.3) is 5.91 Å². The van der Waals surface area contributed by atoms with E-state index in [4.69, 9.17) is 9.15 Å². The van der Waals surface area contributed by atoms with E-state index in [9.17, 15) is 4.79 Å². The second kappa shape index (κ2) is 9.90.